The van der Waals surface area contributed by atoms with Crippen LogP contribution in [0.15, 0.2) is 5.16 Å². The highest BCUT2D eigenvalue weighted by molar-refractivity contribution is 5.84. The standard InChI is InChI=1S/C10H23N3O/c1-8(2)6-5-7-13(4)9(3)10(11)12-14/h8-9,14H,5-7H2,1-4H3,(H2,11,12). The molecule has 0 aliphatic rings. The van der Waals surface area contributed by atoms with Crippen LogP contribution < -0.4 is 5.73 Å². The highest BCUT2D eigenvalue weighted by Gasteiger charge is 2.12. The summed E-state index contributed by atoms with van der Waals surface area (Å²) in [5, 5.41) is 11.5. The number of likely N-dealkylation sites (N-methyl/N-ethyl adjacent to an activating group) is 1. The summed E-state index contributed by atoms with van der Waals surface area (Å²) in [6.45, 7) is 7.35. The second-order valence-corrected chi connectivity index (χ2v) is 4.22. The van der Waals surface area contributed by atoms with Gasteiger partial charge in [-0.1, -0.05) is 19.0 Å². The molecule has 0 radical (unpaired) electrons. The van der Waals surface area contributed by atoms with E-state index in [1.807, 2.05) is 14.0 Å². The summed E-state index contributed by atoms with van der Waals surface area (Å²) in [7, 11) is 1.99. The maximum atomic E-state index is 8.50. The zero-order chi connectivity index (χ0) is 11.1. The highest BCUT2D eigenvalue weighted by atomic mass is 16.4. The van der Waals surface area contributed by atoms with Crippen LogP contribution in [0.2, 0.25) is 0 Å². The van der Waals surface area contributed by atoms with Crippen molar-refractivity contribution >= 4 is 5.84 Å². The molecule has 84 valence electrons. The molecule has 1 unspecified atom stereocenters. The van der Waals surface area contributed by atoms with Gasteiger partial charge in [-0.15, -0.1) is 0 Å². The minimum absolute atomic E-state index is 0.00663. The number of oxime groups is 1. The maximum Gasteiger partial charge on any atom is 0.156 e. The molecule has 0 aliphatic heterocycles. The van der Waals surface area contributed by atoms with Gasteiger partial charge < -0.3 is 10.9 Å². The van der Waals surface area contributed by atoms with Crippen molar-refractivity contribution in [1.82, 2.24) is 4.90 Å². The van der Waals surface area contributed by atoms with Crippen molar-refractivity contribution in [2.24, 2.45) is 16.8 Å². The van der Waals surface area contributed by atoms with Gasteiger partial charge in [-0.05, 0) is 39.3 Å². The molecule has 0 saturated carbocycles. The number of hydrogen-bond acceptors (Lipinski definition) is 3. The molecule has 4 nitrogen and oxygen atoms in total. The molecule has 14 heavy (non-hydrogen) atoms. The summed E-state index contributed by atoms with van der Waals surface area (Å²) in [5.74, 6) is 1.01. The molecule has 4 heteroatoms. The van der Waals surface area contributed by atoms with E-state index in [9.17, 15) is 0 Å². The third kappa shape index (κ3) is 5.07. The van der Waals surface area contributed by atoms with Crippen LogP contribution in [0.1, 0.15) is 33.6 Å². The van der Waals surface area contributed by atoms with E-state index in [4.69, 9.17) is 10.9 Å². The fourth-order valence-corrected chi connectivity index (χ4v) is 1.25. The number of nitrogens with two attached hydrogens (primary N) is 1. The van der Waals surface area contributed by atoms with Crippen LogP contribution in [0.3, 0.4) is 0 Å². The SMILES string of the molecule is CC(C)CCCN(C)C(C)C(N)=NO. The van der Waals surface area contributed by atoms with Crippen molar-refractivity contribution in [3.8, 4) is 0 Å². The summed E-state index contributed by atoms with van der Waals surface area (Å²) < 4.78 is 0. The number of rotatable bonds is 6. The van der Waals surface area contributed by atoms with Crippen LogP contribution in [-0.4, -0.2) is 35.6 Å². The molecule has 3 N–H and O–H groups in total. The van der Waals surface area contributed by atoms with Crippen LogP contribution in [0, 0.1) is 5.92 Å². The molecule has 0 aromatic heterocycles. The Morgan fingerprint density at radius 1 is 1.43 bits per heavy atom. The van der Waals surface area contributed by atoms with Gasteiger partial charge in [-0.25, -0.2) is 0 Å². The molecule has 0 bridgehead atoms. The van der Waals surface area contributed by atoms with E-state index < -0.39 is 0 Å². The number of hydrogen-bond donors (Lipinski definition) is 2. The molecule has 0 rings (SSSR count). The first-order valence-electron chi connectivity index (χ1n) is 5.16. The average Bonchev–Trinajstić information content (AvgIpc) is 2.14. The van der Waals surface area contributed by atoms with Gasteiger partial charge in [0.1, 0.15) is 0 Å². The predicted octanol–water partition coefficient (Wildman–Crippen LogP) is 1.49. The van der Waals surface area contributed by atoms with Crippen molar-refractivity contribution in [1.29, 1.82) is 0 Å². The van der Waals surface area contributed by atoms with Gasteiger partial charge in [0.15, 0.2) is 5.84 Å². The maximum absolute atomic E-state index is 8.50. The Balaban J connectivity index is 3.78. The van der Waals surface area contributed by atoms with Gasteiger partial charge in [-0.2, -0.15) is 0 Å². The van der Waals surface area contributed by atoms with E-state index in [-0.39, 0.29) is 11.9 Å². The molecular formula is C10H23N3O. The fourth-order valence-electron chi connectivity index (χ4n) is 1.25. The second kappa shape index (κ2) is 6.65. The first-order chi connectivity index (χ1) is 6.49. The minimum atomic E-state index is 0.00663. The Bertz CT molecular complexity index is 180. The molecule has 0 amide bonds. The molecule has 0 fully saturated rings. The van der Waals surface area contributed by atoms with Crippen molar-refractivity contribution in [3.63, 3.8) is 0 Å². The van der Waals surface area contributed by atoms with Gasteiger partial charge in [0.05, 0.1) is 6.04 Å². The molecule has 0 aromatic rings. The Morgan fingerprint density at radius 2 is 2.00 bits per heavy atom. The minimum Gasteiger partial charge on any atom is -0.409 e. The lowest BCUT2D eigenvalue weighted by atomic mass is 10.1. The predicted molar refractivity (Wildman–Crippen MR) is 59.6 cm³/mol. The molecule has 1 atom stereocenters. The zero-order valence-corrected chi connectivity index (χ0v) is 9.70. The summed E-state index contributed by atoms with van der Waals surface area (Å²) >= 11 is 0. The lowest BCUT2D eigenvalue weighted by Gasteiger charge is -2.23. The highest BCUT2D eigenvalue weighted by Crippen LogP contribution is 2.05. The van der Waals surface area contributed by atoms with Crippen LogP contribution >= 0.6 is 0 Å². The monoisotopic (exact) mass is 201 g/mol. The topological polar surface area (TPSA) is 61.8 Å². The number of nitrogens with zero attached hydrogens (tertiary/aromatic N) is 2. The van der Waals surface area contributed by atoms with Gasteiger partial charge in [0.2, 0.25) is 0 Å². The average molecular weight is 201 g/mol. The van der Waals surface area contributed by atoms with Gasteiger partial charge >= 0.3 is 0 Å². The Morgan fingerprint density at radius 3 is 2.43 bits per heavy atom. The summed E-state index contributed by atoms with van der Waals surface area (Å²) in [6.07, 6.45) is 2.37. The third-order valence-electron chi connectivity index (χ3n) is 2.50. The molecule has 0 saturated heterocycles. The number of amidine groups is 1. The largest absolute Gasteiger partial charge is 0.409 e. The molecular weight excluding hydrogens is 178 g/mol. The normalized spacial score (nSPS) is 15.1. The fraction of sp³-hybridized carbons (Fsp3) is 0.900. The Kier molecular flexibility index (Phi) is 6.28. The van der Waals surface area contributed by atoms with Crippen molar-refractivity contribution in [2.75, 3.05) is 13.6 Å². The molecule has 0 heterocycles. The van der Waals surface area contributed by atoms with Crippen LogP contribution in [0.5, 0.6) is 0 Å². The quantitative estimate of drug-likeness (QED) is 0.296. The van der Waals surface area contributed by atoms with Gasteiger partial charge in [-0.3, -0.25) is 4.90 Å². The summed E-state index contributed by atoms with van der Waals surface area (Å²) in [5.41, 5.74) is 5.51. The Labute approximate surface area is 86.8 Å². The summed E-state index contributed by atoms with van der Waals surface area (Å²) in [4.78, 5) is 2.09. The smallest absolute Gasteiger partial charge is 0.156 e. The zero-order valence-electron chi connectivity index (χ0n) is 9.70. The van der Waals surface area contributed by atoms with Crippen LogP contribution in [-0.2, 0) is 0 Å². The van der Waals surface area contributed by atoms with E-state index in [1.165, 1.54) is 6.42 Å². The first kappa shape index (κ1) is 13.2. The van der Waals surface area contributed by atoms with Crippen molar-refractivity contribution in [3.05, 3.63) is 0 Å². The second-order valence-electron chi connectivity index (χ2n) is 4.22. The van der Waals surface area contributed by atoms with Crippen molar-refractivity contribution < 1.29 is 5.21 Å². The van der Waals surface area contributed by atoms with E-state index in [0.29, 0.717) is 0 Å². The van der Waals surface area contributed by atoms with E-state index in [2.05, 4.69) is 23.9 Å². The lowest BCUT2D eigenvalue weighted by Crippen LogP contribution is -2.40. The first-order valence-corrected chi connectivity index (χ1v) is 5.16. The summed E-state index contributed by atoms with van der Waals surface area (Å²) in [6, 6.07) is 0.00663. The van der Waals surface area contributed by atoms with Crippen molar-refractivity contribution in [2.45, 2.75) is 39.7 Å². The lowest BCUT2D eigenvalue weighted by molar-refractivity contribution is 0.276. The molecule has 0 spiro atoms. The van der Waals surface area contributed by atoms with Gasteiger partial charge in [0, 0.05) is 0 Å². The molecule has 0 aliphatic carbocycles. The Hall–Kier alpha value is -0.770. The van der Waals surface area contributed by atoms with Crippen LogP contribution in [0.4, 0.5) is 0 Å². The van der Waals surface area contributed by atoms with Gasteiger partial charge in [0.25, 0.3) is 0 Å². The van der Waals surface area contributed by atoms with E-state index >= 15 is 0 Å². The third-order valence-corrected chi connectivity index (χ3v) is 2.50. The van der Waals surface area contributed by atoms with E-state index in [1.54, 1.807) is 0 Å². The molecule has 0 aromatic carbocycles. The van der Waals surface area contributed by atoms with Crippen LogP contribution in [0.25, 0.3) is 0 Å². The van der Waals surface area contributed by atoms with E-state index in [0.717, 1.165) is 18.9 Å².